The summed E-state index contributed by atoms with van der Waals surface area (Å²) in [6, 6.07) is 0.0335. The van der Waals surface area contributed by atoms with Gasteiger partial charge in [-0.2, -0.15) is 0 Å². The zero-order chi connectivity index (χ0) is 12.3. The third-order valence-corrected chi connectivity index (χ3v) is 4.24. The van der Waals surface area contributed by atoms with Crippen LogP contribution in [0, 0.1) is 0 Å². The van der Waals surface area contributed by atoms with Crippen molar-refractivity contribution in [2.24, 2.45) is 5.73 Å². The Labute approximate surface area is 106 Å². The molecular formula is C12H19N3OS. The molecule has 5 heteroatoms. The lowest BCUT2D eigenvalue weighted by Crippen LogP contribution is -2.50. The number of nitrogens with two attached hydrogens (primary N) is 1. The van der Waals surface area contributed by atoms with Crippen molar-refractivity contribution >= 4 is 17.2 Å². The van der Waals surface area contributed by atoms with Crippen molar-refractivity contribution in [2.75, 3.05) is 0 Å². The van der Waals surface area contributed by atoms with Crippen LogP contribution in [-0.4, -0.2) is 16.4 Å². The van der Waals surface area contributed by atoms with Crippen molar-refractivity contribution in [3.05, 3.63) is 16.6 Å². The molecule has 1 aliphatic carbocycles. The second-order valence-electron chi connectivity index (χ2n) is 4.79. The Bertz CT molecular complexity index is 373. The first kappa shape index (κ1) is 12.5. The normalized spacial score (nSPS) is 19.4. The molecule has 1 fully saturated rings. The molecule has 0 aromatic carbocycles. The van der Waals surface area contributed by atoms with E-state index in [-0.39, 0.29) is 17.5 Å². The predicted octanol–water partition coefficient (Wildman–Crippen LogP) is 1.98. The van der Waals surface area contributed by atoms with Crippen LogP contribution in [0.25, 0.3) is 0 Å². The van der Waals surface area contributed by atoms with E-state index in [0.29, 0.717) is 6.42 Å². The van der Waals surface area contributed by atoms with Crippen LogP contribution in [0.3, 0.4) is 0 Å². The smallest absolute Gasteiger partial charge is 0.222 e. The lowest BCUT2D eigenvalue weighted by atomic mass is 9.75. The lowest BCUT2D eigenvalue weighted by molar-refractivity contribution is -0.123. The van der Waals surface area contributed by atoms with Gasteiger partial charge in [0.25, 0.3) is 0 Å². The molecule has 0 radical (unpaired) electrons. The molecule has 1 amide bonds. The van der Waals surface area contributed by atoms with E-state index in [1.165, 1.54) is 0 Å². The van der Waals surface area contributed by atoms with Crippen LogP contribution in [0.1, 0.15) is 50.1 Å². The summed E-state index contributed by atoms with van der Waals surface area (Å²) >= 11 is 1.58. The fourth-order valence-electron chi connectivity index (χ4n) is 2.12. The van der Waals surface area contributed by atoms with Gasteiger partial charge in [-0.1, -0.05) is 6.92 Å². The van der Waals surface area contributed by atoms with Gasteiger partial charge in [-0.05, 0) is 25.7 Å². The van der Waals surface area contributed by atoms with Crippen molar-refractivity contribution in [3.63, 3.8) is 0 Å². The zero-order valence-corrected chi connectivity index (χ0v) is 10.9. The lowest BCUT2D eigenvalue weighted by Gasteiger charge is -2.37. The number of nitrogens with one attached hydrogen (secondary N) is 1. The maximum atomic E-state index is 11.9. The van der Waals surface area contributed by atoms with Crippen molar-refractivity contribution in [1.82, 2.24) is 10.3 Å². The van der Waals surface area contributed by atoms with Gasteiger partial charge in [0.2, 0.25) is 5.91 Å². The minimum Gasteiger partial charge on any atom is -0.347 e. The molecule has 0 aliphatic heterocycles. The molecule has 2 rings (SSSR count). The number of hydrogen-bond donors (Lipinski definition) is 2. The minimum absolute atomic E-state index is 0.0335. The third kappa shape index (κ3) is 3.04. The molecule has 0 saturated heterocycles. The average molecular weight is 253 g/mol. The largest absolute Gasteiger partial charge is 0.347 e. The van der Waals surface area contributed by atoms with Gasteiger partial charge in [0.15, 0.2) is 0 Å². The third-order valence-electron chi connectivity index (χ3n) is 3.35. The molecule has 3 N–H and O–H groups in total. The number of nitrogens with zero attached hydrogens (tertiary/aromatic N) is 1. The minimum atomic E-state index is -0.245. The molecule has 1 atom stereocenters. The van der Waals surface area contributed by atoms with Gasteiger partial charge in [-0.15, -0.1) is 11.3 Å². The van der Waals surface area contributed by atoms with Crippen LogP contribution < -0.4 is 11.1 Å². The number of hydrogen-bond acceptors (Lipinski definition) is 4. The summed E-state index contributed by atoms with van der Waals surface area (Å²) in [4.78, 5) is 16.1. The summed E-state index contributed by atoms with van der Waals surface area (Å²) in [7, 11) is 0. The van der Waals surface area contributed by atoms with Crippen LogP contribution >= 0.6 is 11.3 Å². The maximum Gasteiger partial charge on any atom is 0.222 e. The van der Waals surface area contributed by atoms with Gasteiger partial charge in [-0.25, -0.2) is 4.98 Å². The average Bonchev–Trinajstić information content (AvgIpc) is 2.77. The molecule has 1 aliphatic rings. The van der Waals surface area contributed by atoms with E-state index in [1.807, 2.05) is 12.3 Å². The molecule has 0 spiro atoms. The van der Waals surface area contributed by atoms with Gasteiger partial charge < -0.3 is 11.1 Å². The molecule has 1 saturated carbocycles. The summed E-state index contributed by atoms with van der Waals surface area (Å²) in [6.07, 6.45) is 6.15. The highest BCUT2D eigenvalue weighted by Gasteiger charge is 2.35. The van der Waals surface area contributed by atoms with Gasteiger partial charge in [0.1, 0.15) is 5.01 Å². The summed E-state index contributed by atoms with van der Waals surface area (Å²) < 4.78 is 0. The Balaban J connectivity index is 1.88. The van der Waals surface area contributed by atoms with Crippen LogP contribution in [-0.2, 0) is 4.79 Å². The molecule has 1 unspecified atom stereocenters. The van der Waals surface area contributed by atoms with E-state index in [9.17, 15) is 4.79 Å². The number of thiazole rings is 1. The van der Waals surface area contributed by atoms with Gasteiger partial charge in [0.05, 0.1) is 6.04 Å². The van der Waals surface area contributed by atoms with E-state index in [0.717, 1.165) is 30.7 Å². The molecule has 1 aromatic heterocycles. The number of carbonyl (C=O) groups excluding carboxylic acids is 1. The first-order valence-corrected chi connectivity index (χ1v) is 6.98. The van der Waals surface area contributed by atoms with Crippen LogP contribution in [0.5, 0.6) is 0 Å². The fourth-order valence-corrected chi connectivity index (χ4v) is 2.89. The van der Waals surface area contributed by atoms with Gasteiger partial charge >= 0.3 is 0 Å². The molecule has 17 heavy (non-hydrogen) atoms. The van der Waals surface area contributed by atoms with Crippen LogP contribution in [0.2, 0.25) is 0 Å². The van der Waals surface area contributed by atoms with Gasteiger partial charge in [0, 0.05) is 23.5 Å². The Morgan fingerprint density at radius 3 is 2.94 bits per heavy atom. The molecule has 1 aromatic rings. The Hall–Kier alpha value is -0.940. The highest BCUT2D eigenvalue weighted by atomic mass is 32.1. The monoisotopic (exact) mass is 253 g/mol. The molecular weight excluding hydrogens is 234 g/mol. The molecule has 4 nitrogen and oxygen atoms in total. The van der Waals surface area contributed by atoms with Gasteiger partial charge in [-0.3, -0.25) is 4.79 Å². The SMILES string of the molecule is CCC(NC(=O)CC1(N)CCC1)c1nccs1. The van der Waals surface area contributed by atoms with E-state index >= 15 is 0 Å². The first-order chi connectivity index (χ1) is 8.13. The summed E-state index contributed by atoms with van der Waals surface area (Å²) in [5.74, 6) is 0.0502. The highest BCUT2D eigenvalue weighted by Crippen LogP contribution is 2.32. The fraction of sp³-hybridized carbons (Fsp3) is 0.667. The van der Waals surface area contributed by atoms with Crippen molar-refractivity contribution in [1.29, 1.82) is 0 Å². The molecule has 0 bridgehead atoms. The summed E-state index contributed by atoms with van der Waals surface area (Å²) in [5.41, 5.74) is 5.82. The molecule has 1 heterocycles. The Morgan fingerprint density at radius 2 is 2.47 bits per heavy atom. The zero-order valence-electron chi connectivity index (χ0n) is 10.1. The number of amides is 1. The van der Waals surface area contributed by atoms with Crippen LogP contribution in [0.15, 0.2) is 11.6 Å². The first-order valence-electron chi connectivity index (χ1n) is 6.10. The van der Waals surface area contributed by atoms with E-state index < -0.39 is 0 Å². The van der Waals surface area contributed by atoms with Crippen molar-refractivity contribution < 1.29 is 4.79 Å². The standard InChI is InChI=1S/C12H19N3OS/c1-2-9(11-14-6-7-17-11)15-10(16)8-12(13)4-3-5-12/h6-7,9H,2-5,8,13H2,1H3,(H,15,16). The number of aromatic nitrogens is 1. The molecule has 94 valence electrons. The Kier molecular flexibility index (Phi) is 3.79. The second-order valence-corrected chi connectivity index (χ2v) is 5.72. The topological polar surface area (TPSA) is 68.0 Å². The quantitative estimate of drug-likeness (QED) is 0.843. The summed E-state index contributed by atoms with van der Waals surface area (Å²) in [6.45, 7) is 2.05. The number of carbonyl (C=O) groups is 1. The van der Waals surface area contributed by atoms with E-state index in [2.05, 4.69) is 10.3 Å². The highest BCUT2D eigenvalue weighted by molar-refractivity contribution is 7.09. The maximum absolute atomic E-state index is 11.9. The van der Waals surface area contributed by atoms with E-state index in [4.69, 9.17) is 5.73 Å². The van der Waals surface area contributed by atoms with E-state index in [1.54, 1.807) is 17.5 Å². The van der Waals surface area contributed by atoms with Crippen LogP contribution in [0.4, 0.5) is 0 Å². The Morgan fingerprint density at radius 1 is 1.71 bits per heavy atom. The second kappa shape index (κ2) is 5.14. The predicted molar refractivity (Wildman–Crippen MR) is 68.7 cm³/mol. The van der Waals surface area contributed by atoms with Crippen molar-refractivity contribution in [3.8, 4) is 0 Å². The number of rotatable bonds is 5. The van der Waals surface area contributed by atoms with Crippen molar-refractivity contribution in [2.45, 2.75) is 50.6 Å². The summed E-state index contributed by atoms with van der Waals surface area (Å²) in [5, 5.41) is 5.93.